The van der Waals surface area contributed by atoms with Gasteiger partial charge in [-0.1, -0.05) is 23.2 Å². The SMILES string of the molecule is NC(=NC1CC1)c1ccc2nc(-c3ccc(Cl)c(Cl)c3)[nH]c2c1. The van der Waals surface area contributed by atoms with E-state index in [0.29, 0.717) is 21.9 Å². The van der Waals surface area contributed by atoms with Crippen LogP contribution < -0.4 is 5.73 Å². The second-order valence-electron chi connectivity index (χ2n) is 5.69. The van der Waals surface area contributed by atoms with Crippen LogP contribution in [0.3, 0.4) is 0 Å². The zero-order valence-electron chi connectivity index (χ0n) is 12.2. The maximum Gasteiger partial charge on any atom is 0.138 e. The fourth-order valence-electron chi connectivity index (χ4n) is 2.42. The normalized spacial score (nSPS) is 15.3. The summed E-state index contributed by atoms with van der Waals surface area (Å²) in [4.78, 5) is 12.4. The Morgan fingerprint density at radius 1 is 1.13 bits per heavy atom. The summed E-state index contributed by atoms with van der Waals surface area (Å²) in [6.07, 6.45) is 2.27. The first-order chi connectivity index (χ1) is 11.1. The molecule has 1 aliphatic rings. The van der Waals surface area contributed by atoms with Crippen LogP contribution in [0.15, 0.2) is 41.4 Å². The fraction of sp³-hybridized carbons (Fsp3) is 0.176. The van der Waals surface area contributed by atoms with E-state index in [2.05, 4.69) is 15.0 Å². The number of aliphatic imine (C=N–C) groups is 1. The smallest absolute Gasteiger partial charge is 0.138 e. The van der Waals surface area contributed by atoms with Crippen molar-refractivity contribution < 1.29 is 0 Å². The highest BCUT2D eigenvalue weighted by molar-refractivity contribution is 6.42. The Morgan fingerprint density at radius 3 is 2.70 bits per heavy atom. The van der Waals surface area contributed by atoms with Crippen molar-refractivity contribution in [2.24, 2.45) is 10.7 Å². The highest BCUT2D eigenvalue weighted by atomic mass is 35.5. The van der Waals surface area contributed by atoms with E-state index in [0.717, 1.165) is 40.8 Å². The van der Waals surface area contributed by atoms with Crippen LogP contribution in [0.4, 0.5) is 0 Å². The monoisotopic (exact) mass is 344 g/mol. The predicted molar refractivity (Wildman–Crippen MR) is 95.3 cm³/mol. The average Bonchev–Trinajstić information content (AvgIpc) is 3.24. The molecule has 0 saturated heterocycles. The maximum atomic E-state index is 6.08. The lowest BCUT2D eigenvalue weighted by Gasteiger charge is -2.00. The molecule has 6 heteroatoms. The van der Waals surface area contributed by atoms with Gasteiger partial charge in [0.15, 0.2) is 0 Å². The van der Waals surface area contributed by atoms with E-state index in [4.69, 9.17) is 28.9 Å². The molecule has 3 aromatic rings. The number of hydrogen-bond donors (Lipinski definition) is 2. The zero-order valence-corrected chi connectivity index (χ0v) is 13.7. The predicted octanol–water partition coefficient (Wildman–Crippen LogP) is 4.40. The van der Waals surface area contributed by atoms with Crippen LogP contribution in [0, 0.1) is 0 Å². The number of imidazole rings is 1. The first-order valence-electron chi connectivity index (χ1n) is 7.39. The van der Waals surface area contributed by atoms with Crippen molar-refractivity contribution >= 4 is 40.1 Å². The van der Waals surface area contributed by atoms with Crippen molar-refractivity contribution in [1.29, 1.82) is 0 Å². The van der Waals surface area contributed by atoms with Gasteiger partial charge >= 0.3 is 0 Å². The molecule has 1 fully saturated rings. The molecule has 4 rings (SSSR count). The Kier molecular flexibility index (Phi) is 3.51. The quantitative estimate of drug-likeness (QED) is 0.546. The van der Waals surface area contributed by atoms with Gasteiger partial charge in [-0.05, 0) is 49.2 Å². The molecule has 1 heterocycles. The number of hydrogen-bond acceptors (Lipinski definition) is 2. The molecule has 0 unspecified atom stereocenters. The van der Waals surface area contributed by atoms with Crippen molar-refractivity contribution in [3.8, 4) is 11.4 Å². The van der Waals surface area contributed by atoms with Gasteiger partial charge in [-0.15, -0.1) is 0 Å². The van der Waals surface area contributed by atoms with Gasteiger partial charge in [0, 0.05) is 11.1 Å². The first kappa shape index (κ1) is 14.5. The number of halogens is 2. The zero-order chi connectivity index (χ0) is 16.0. The first-order valence-corrected chi connectivity index (χ1v) is 8.14. The van der Waals surface area contributed by atoms with Crippen molar-refractivity contribution in [2.45, 2.75) is 18.9 Å². The van der Waals surface area contributed by atoms with Gasteiger partial charge in [0.1, 0.15) is 11.7 Å². The minimum absolute atomic E-state index is 0.402. The van der Waals surface area contributed by atoms with E-state index in [9.17, 15) is 0 Å². The summed E-state index contributed by atoms with van der Waals surface area (Å²) >= 11 is 12.0. The van der Waals surface area contributed by atoms with Crippen LogP contribution in [-0.4, -0.2) is 21.8 Å². The van der Waals surface area contributed by atoms with Crippen molar-refractivity contribution in [1.82, 2.24) is 9.97 Å². The van der Waals surface area contributed by atoms with E-state index in [1.54, 1.807) is 12.1 Å². The van der Waals surface area contributed by atoms with Gasteiger partial charge in [0.05, 0.1) is 27.1 Å². The Bertz CT molecular complexity index is 925. The molecule has 2 aromatic carbocycles. The highest BCUT2D eigenvalue weighted by Crippen LogP contribution is 2.29. The molecule has 4 nitrogen and oxygen atoms in total. The van der Waals surface area contributed by atoms with Gasteiger partial charge in [-0.3, -0.25) is 4.99 Å². The lowest BCUT2D eigenvalue weighted by molar-refractivity contribution is 1.06. The summed E-state index contributed by atoms with van der Waals surface area (Å²) in [5.74, 6) is 1.33. The van der Waals surface area contributed by atoms with Crippen LogP contribution in [-0.2, 0) is 0 Å². The minimum Gasteiger partial charge on any atom is -0.383 e. The number of rotatable bonds is 3. The van der Waals surface area contributed by atoms with Crippen LogP contribution in [0.2, 0.25) is 10.0 Å². The van der Waals surface area contributed by atoms with Gasteiger partial charge in [0.2, 0.25) is 0 Å². The second-order valence-corrected chi connectivity index (χ2v) is 6.51. The Hall–Kier alpha value is -2.04. The number of nitrogens with one attached hydrogen (secondary N) is 1. The largest absolute Gasteiger partial charge is 0.383 e. The summed E-state index contributed by atoms with van der Waals surface area (Å²) in [6, 6.07) is 11.7. The van der Waals surface area contributed by atoms with Crippen LogP contribution in [0.5, 0.6) is 0 Å². The van der Waals surface area contributed by atoms with Crippen molar-refractivity contribution in [3.63, 3.8) is 0 Å². The average molecular weight is 345 g/mol. The summed E-state index contributed by atoms with van der Waals surface area (Å²) in [7, 11) is 0. The Balaban J connectivity index is 1.74. The fourth-order valence-corrected chi connectivity index (χ4v) is 2.72. The Morgan fingerprint density at radius 2 is 1.96 bits per heavy atom. The highest BCUT2D eigenvalue weighted by Gasteiger charge is 2.20. The standard InChI is InChI=1S/C17H14Cl2N4/c18-12-5-1-10(7-13(12)19)17-22-14-6-2-9(8-15(14)23-17)16(20)21-11-3-4-11/h1-2,5-8,11H,3-4H2,(H2,20,21)(H,22,23). The molecule has 0 atom stereocenters. The van der Waals surface area contributed by atoms with Gasteiger partial charge < -0.3 is 10.7 Å². The van der Waals surface area contributed by atoms with E-state index in [1.165, 1.54) is 0 Å². The molecule has 1 aliphatic carbocycles. The molecule has 0 aliphatic heterocycles. The molecule has 0 spiro atoms. The van der Waals surface area contributed by atoms with E-state index >= 15 is 0 Å². The Labute approximate surface area is 143 Å². The molecular formula is C17H14Cl2N4. The molecule has 1 saturated carbocycles. The van der Waals surface area contributed by atoms with Crippen LogP contribution in [0.1, 0.15) is 18.4 Å². The number of fused-ring (bicyclic) bond motifs is 1. The minimum atomic E-state index is 0.402. The van der Waals surface area contributed by atoms with Crippen molar-refractivity contribution in [2.75, 3.05) is 0 Å². The number of aromatic amines is 1. The molecular weight excluding hydrogens is 331 g/mol. The number of H-pyrrole nitrogens is 1. The van der Waals surface area contributed by atoms with Crippen LogP contribution in [0.25, 0.3) is 22.4 Å². The number of amidine groups is 1. The van der Waals surface area contributed by atoms with Gasteiger partial charge in [-0.2, -0.15) is 0 Å². The summed E-state index contributed by atoms with van der Waals surface area (Å²) in [5, 5.41) is 1.03. The molecule has 1 aromatic heterocycles. The molecule has 0 bridgehead atoms. The second kappa shape index (κ2) is 5.55. The third-order valence-electron chi connectivity index (χ3n) is 3.84. The van der Waals surface area contributed by atoms with E-state index in [-0.39, 0.29) is 0 Å². The number of aromatic nitrogens is 2. The third-order valence-corrected chi connectivity index (χ3v) is 4.58. The van der Waals surface area contributed by atoms with Crippen LogP contribution >= 0.6 is 23.2 Å². The summed E-state index contributed by atoms with van der Waals surface area (Å²) < 4.78 is 0. The lowest BCUT2D eigenvalue weighted by atomic mass is 10.2. The van der Waals surface area contributed by atoms with E-state index in [1.807, 2.05) is 24.3 Å². The number of benzene rings is 2. The maximum absolute atomic E-state index is 6.08. The molecule has 0 radical (unpaired) electrons. The molecule has 116 valence electrons. The third kappa shape index (κ3) is 2.92. The molecule has 23 heavy (non-hydrogen) atoms. The van der Waals surface area contributed by atoms with E-state index < -0.39 is 0 Å². The topological polar surface area (TPSA) is 67.1 Å². The molecule has 3 N–H and O–H groups in total. The number of nitrogens with two attached hydrogens (primary N) is 1. The van der Waals surface area contributed by atoms with Gasteiger partial charge in [-0.25, -0.2) is 4.98 Å². The van der Waals surface area contributed by atoms with Gasteiger partial charge in [0.25, 0.3) is 0 Å². The summed E-state index contributed by atoms with van der Waals surface area (Å²) in [5.41, 5.74) is 9.65. The number of nitrogens with zero attached hydrogens (tertiary/aromatic N) is 2. The summed E-state index contributed by atoms with van der Waals surface area (Å²) in [6.45, 7) is 0. The van der Waals surface area contributed by atoms with Crippen molar-refractivity contribution in [3.05, 3.63) is 52.0 Å². The lowest BCUT2D eigenvalue weighted by Crippen LogP contribution is -2.14. The molecule has 0 amide bonds.